The van der Waals surface area contributed by atoms with E-state index in [1.807, 2.05) is 0 Å². The lowest BCUT2D eigenvalue weighted by atomic mass is 9.82. The first-order valence-electron chi connectivity index (χ1n) is 8.08. The van der Waals surface area contributed by atoms with Crippen molar-refractivity contribution < 1.29 is 29.9 Å². The van der Waals surface area contributed by atoms with Crippen LogP contribution >= 0.6 is 0 Å². The largest absolute Gasteiger partial charge is 0.394 e. The van der Waals surface area contributed by atoms with Crippen LogP contribution in [-0.4, -0.2) is 72.8 Å². The molecule has 0 spiro atoms. The Kier molecular flexibility index (Phi) is 12.8. The summed E-state index contributed by atoms with van der Waals surface area (Å²) >= 11 is 0. The maximum Gasteiger partial charge on any atom is 0.213 e. The molecule has 140 valence electrons. The summed E-state index contributed by atoms with van der Waals surface area (Å²) in [5.41, 5.74) is -0.0328. The molecule has 0 aromatic carbocycles. The van der Waals surface area contributed by atoms with Crippen LogP contribution in [0.25, 0.3) is 0 Å². The molecule has 6 N–H and O–H groups in total. The van der Waals surface area contributed by atoms with Crippen LogP contribution in [0, 0.1) is 11.3 Å². The lowest BCUT2D eigenvalue weighted by Crippen LogP contribution is -2.40. The highest BCUT2D eigenvalue weighted by Crippen LogP contribution is 2.26. The Morgan fingerprint density at radius 2 is 1.48 bits per heavy atom. The Bertz CT molecular complexity index is 281. The zero-order chi connectivity index (χ0) is 17.7. The fourth-order valence-corrected chi connectivity index (χ4v) is 2.38. The van der Waals surface area contributed by atoms with Crippen LogP contribution in [0.15, 0.2) is 0 Å². The van der Waals surface area contributed by atoms with Crippen molar-refractivity contribution in [3.8, 4) is 0 Å². The van der Waals surface area contributed by atoms with Gasteiger partial charge >= 0.3 is 0 Å². The van der Waals surface area contributed by atoms with Crippen molar-refractivity contribution in [2.24, 2.45) is 11.3 Å². The molecule has 0 aliphatic carbocycles. The van der Waals surface area contributed by atoms with Crippen LogP contribution in [0.3, 0.4) is 0 Å². The second-order valence-electron chi connectivity index (χ2n) is 6.49. The molecule has 8 heteroatoms. The highest BCUT2D eigenvalue weighted by molar-refractivity contribution is 4.74. The van der Waals surface area contributed by atoms with Crippen molar-refractivity contribution >= 4 is 0 Å². The van der Waals surface area contributed by atoms with Crippen molar-refractivity contribution in [3.05, 3.63) is 0 Å². The van der Waals surface area contributed by atoms with E-state index in [1.54, 1.807) is 0 Å². The highest BCUT2D eigenvalue weighted by Gasteiger charge is 2.22. The lowest BCUT2D eigenvalue weighted by molar-refractivity contribution is -0.130. The molecule has 0 fully saturated rings. The summed E-state index contributed by atoms with van der Waals surface area (Å²) in [6, 6.07) is 0. The van der Waals surface area contributed by atoms with Crippen LogP contribution in [-0.2, 0) is 9.47 Å². The molecule has 0 radical (unpaired) electrons. The molecule has 0 bridgehead atoms. The molecule has 0 amide bonds. The number of rotatable bonds is 15. The third-order valence-corrected chi connectivity index (χ3v) is 3.35. The van der Waals surface area contributed by atoms with Gasteiger partial charge in [-0.15, -0.1) is 0 Å². The quantitative estimate of drug-likeness (QED) is 0.214. The molecule has 23 heavy (non-hydrogen) atoms. The molecule has 0 aliphatic heterocycles. The Hall–Kier alpha value is -0.320. The van der Waals surface area contributed by atoms with Gasteiger partial charge in [-0.2, -0.15) is 0 Å². The number of aliphatic hydroxyl groups is 4. The van der Waals surface area contributed by atoms with Crippen molar-refractivity contribution in [2.75, 3.05) is 39.5 Å². The molecule has 3 unspecified atom stereocenters. The summed E-state index contributed by atoms with van der Waals surface area (Å²) in [7, 11) is 0. The molecule has 0 aromatic heterocycles. The molecular weight excluding hydrogens is 304 g/mol. The molecule has 0 rings (SSSR count). The molecule has 0 aromatic rings. The van der Waals surface area contributed by atoms with E-state index in [0.29, 0.717) is 19.0 Å². The van der Waals surface area contributed by atoms with E-state index in [4.69, 9.17) is 19.7 Å². The van der Waals surface area contributed by atoms with Gasteiger partial charge in [0.25, 0.3) is 0 Å². The van der Waals surface area contributed by atoms with Crippen LogP contribution in [0.4, 0.5) is 0 Å². The number of nitrogens with one attached hydrogen (secondary N) is 2. The third kappa shape index (κ3) is 13.8. The van der Waals surface area contributed by atoms with Gasteiger partial charge in [0.05, 0.1) is 26.4 Å². The van der Waals surface area contributed by atoms with Crippen molar-refractivity contribution in [1.82, 2.24) is 10.6 Å². The first kappa shape index (κ1) is 22.7. The Balaban J connectivity index is 3.86. The van der Waals surface area contributed by atoms with Crippen molar-refractivity contribution in [2.45, 2.75) is 46.4 Å². The summed E-state index contributed by atoms with van der Waals surface area (Å²) in [5, 5.41) is 41.9. The number of hydrogen-bond acceptors (Lipinski definition) is 8. The molecule has 0 saturated heterocycles. The summed E-state index contributed by atoms with van der Waals surface area (Å²) in [6.45, 7) is 7.47. The molecule has 0 saturated carbocycles. The van der Waals surface area contributed by atoms with E-state index < -0.39 is 12.8 Å². The average molecular weight is 338 g/mol. The van der Waals surface area contributed by atoms with Gasteiger partial charge in [-0.05, 0) is 30.7 Å². The molecule has 0 heterocycles. The van der Waals surface area contributed by atoms with Gasteiger partial charge in [0.1, 0.15) is 0 Å². The Morgan fingerprint density at radius 1 is 0.957 bits per heavy atom. The van der Waals surface area contributed by atoms with E-state index in [9.17, 15) is 10.2 Å². The summed E-state index contributed by atoms with van der Waals surface area (Å²) in [6.07, 6.45) is -0.325. The van der Waals surface area contributed by atoms with Gasteiger partial charge in [-0.1, -0.05) is 20.8 Å². The van der Waals surface area contributed by atoms with Crippen molar-refractivity contribution in [3.63, 3.8) is 0 Å². The fraction of sp³-hybridized carbons (Fsp3) is 1.00. The zero-order valence-corrected chi connectivity index (χ0v) is 14.5. The van der Waals surface area contributed by atoms with Crippen LogP contribution in [0.5, 0.6) is 0 Å². The zero-order valence-electron chi connectivity index (χ0n) is 14.5. The Morgan fingerprint density at radius 3 is 2.00 bits per heavy atom. The SMILES string of the molecule is CC(CCNC(O)OCCO)CC(C)(C)CNC(O)OCCO. The summed E-state index contributed by atoms with van der Waals surface area (Å²) in [5.74, 6) is 0.417. The van der Waals surface area contributed by atoms with Gasteiger partial charge in [0.2, 0.25) is 12.8 Å². The molecular formula is C15H34N2O6. The minimum absolute atomic E-state index is 0.0328. The van der Waals surface area contributed by atoms with Crippen LogP contribution < -0.4 is 10.6 Å². The standard InChI is InChI=1S/C15H34N2O6/c1-12(4-5-16-13(20)22-8-6-18)10-15(2,3)11-17-14(21)23-9-7-19/h12-14,16-21H,4-11H2,1-3H3. The van der Waals surface area contributed by atoms with Crippen LogP contribution in [0.2, 0.25) is 0 Å². The lowest BCUT2D eigenvalue weighted by Gasteiger charge is -2.29. The predicted octanol–water partition coefficient (Wildman–Crippen LogP) is -0.822. The van der Waals surface area contributed by atoms with E-state index in [2.05, 4.69) is 31.4 Å². The van der Waals surface area contributed by atoms with Gasteiger partial charge < -0.3 is 29.9 Å². The minimum Gasteiger partial charge on any atom is -0.394 e. The second kappa shape index (κ2) is 13.0. The number of aliphatic hydroxyl groups excluding tert-OH is 4. The summed E-state index contributed by atoms with van der Waals surface area (Å²) in [4.78, 5) is 0. The minimum atomic E-state index is -1.07. The van der Waals surface area contributed by atoms with Gasteiger partial charge in [-0.25, -0.2) is 0 Å². The Labute approximate surface area is 138 Å². The maximum atomic E-state index is 9.54. The molecule has 0 aliphatic rings. The maximum absolute atomic E-state index is 9.54. The molecule has 8 nitrogen and oxygen atoms in total. The fourth-order valence-electron chi connectivity index (χ4n) is 2.38. The third-order valence-electron chi connectivity index (χ3n) is 3.35. The normalized spacial score (nSPS) is 16.3. The van der Waals surface area contributed by atoms with Gasteiger partial charge in [0.15, 0.2) is 0 Å². The average Bonchev–Trinajstić information content (AvgIpc) is 2.48. The van der Waals surface area contributed by atoms with E-state index in [0.717, 1.165) is 12.8 Å². The van der Waals surface area contributed by atoms with Gasteiger partial charge in [0, 0.05) is 6.54 Å². The monoisotopic (exact) mass is 338 g/mol. The predicted molar refractivity (Wildman–Crippen MR) is 86.3 cm³/mol. The van der Waals surface area contributed by atoms with E-state index in [1.165, 1.54) is 0 Å². The van der Waals surface area contributed by atoms with Crippen molar-refractivity contribution in [1.29, 1.82) is 0 Å². The number of ether oxygens (including phenoxy) is 2. The van der Waals surface area contributed by atoms with Crippen LogP contribution in [0.1, 0.15) is 33.6 Å². The second-order valence-corrected chi connectivity index (χ2v) is 6.49. The summed E-state index contributed by atoms with van der Waals surface area (Å²) < 4.78 is 9.84. The highest BCUT2D eigenvalue weighted by atomic mass is 16.6. The smallest absolute Gasteiger partial charge is 0.213 e. The van der Waals surface area contributed by atoms with Gasteiger partial charge in [-0.3, -0.25) is 10.6 Å². The number of hydrogen-bond donors (Lipinski definition) is 6. The van der Waals surface area contributed by atoms with E-state index in [-0.39, 0.29) is 31.8 Å². The first-order chi connectivity index (χ1) is 10.8. The topological polar surface area (TPSA) is 123 Å². The molecule has 3 atom stereocenters. The van der Waals surface area contributed by atoms with E-state index >= 15 is 0 Å². The first-order valence-corrected chi connectivity index (χ1v) is 8.08.